The fraction of sp³-hybridized carbons (Fsp3) is 0.304. The molecule has 2 amide bonds. The lowest BCUT2D eigenvalue weighted by molar-refractivity contribution is 0.0605. The zero-order valence-electron chi connectivity index (χ0n) is 16.6. The molecule has 0 bridgehead atoms. The lowest BCUT2D eigenvalue weighted by Crippen LogP contribution is -2.38. The van der Waals surface area contributed by atoms with Gasteiger partial charge in [-0.05, 0) is 55.5 Å². The third kappa shape index (κ3) is 3.26. The van der Waals surface area contributed by atoms with Crippen LogP contribution < -0.4 is 4.90 Å². The molecule has 30 heavy (non-hydrogen) atoms. The minimum Gasteiger partial charge on any atom is -0.330 e. The predicted octanol–water partition coefficient (Wildman–Crippen LogP) is 3.38. The number of aromatic nitrogens is 3. The molecule has 0 spiro atoms. The number of H-pyrrole nitrogens is 1. The van der Waals surface area contributed by atoms with E-state index in [2.05, 4.69) is 21.2 Å². The summed E-state index contributed by atoms with van der Waals surface area (Å²) in [5, 5.41) is 7.34. The molecule has 1 N–H and O–H groups in total. The first kappa shape index (κ1) is 18.5. The van der Waals surface area contributed by atoms with Gasteiger partial charge in [0.2, 0.25) is 0 Å². The Bertz CT molecular complexity index is 1080. The van der Waals surface area contributed by atoms with Crippen LogP contribution in [0.1, 0.15) is 57.4 Å². The van der Waals surface area contributed by atoms with Gasteiger partial charge in [-0.3, -0.25) is 19.7 Å². The van der Waals surface area contributed by atoms with E-state index in [4.69, 9.17) is 0 Å². The summed E-state index contributed by atoms with van der Waals surface area (Å²) >= 11 is 0. The zero-order chi connectivity index (χ0) is 20.5. The monoisotopic (exact) mass is 401 g/mol. The summed E-state index contributed by atoms with van der Waals surface area (Å²) in [6.45, 7) is 1.34. The van der Waals surface area contributed by atoms with Crippen molar-refractivity contribution in [2.24, 2.45) is 0 Å². The van der Waals surface area contributed by atoms with E-state index in [1.165, 1.54) is 5.56 Å². The van der Waals surface area contributed by atoms with Crippen LogP contribution in [0.3, 0.4) is 0 Å². The minimum atomic E-state index is -0.119. The molecule has 2 aromatic heterocycles. The molecule has 4 heterocycles. The Balaban J connectivity index is 1.39. The number of para-hydroxylation sites is 1. The molecule has 7 nitrogen and oxygen atoms in total. The van der Waals surface area contributed by atoms with E-state index in [0.29, 0.717) is 24.3 Å². The van der Waals surface area contributed by atoms with Crippen LogP contribution in [0.2, 0.25) is 0 Å². The minimum absolute atomic E-state index is 0.0382. The zero-order valence-corrected chi connectivity index (χ0v) is 16.6. The summed E-state index contributed by atoms with van der Waals surface area (Å²) in [5.74, 6) is -0.146. The summed E-state index contributed by atoms with van der Waals surface area (Å²) in [6.07, 6.45) is 6.95. The van der Waals surface area contributed by atoms with Crippen LogP contribution in [0, 0.1) is 0 Å². The van der Waals surface area contributed by atoms with Gasteiger partial charge in [0, 0.05) is 31.2 Å². The highest BCUT2D eigenvalue weighted by molar-refractivity contribution is 6.06. The summed E-state index contributed by atoms with van der Waals surface area (Å²) in [7, 11) is 0. The second-order valence-corrected chi connectivity index (χ2v) is 7.80. The van der Waals surface area contributed by atoms with Gasteiger partial charge in [0.25, 0.3) is 11.8 Å². The molecule has 2 aliphatic heterocycles. The second kappa shape index (κ2) is 7.74. The molecule has 3 aromatic rings. The number of amides is 2. The number of aromatic amines is 1. The van der Waals surface area contributed by atoms with Gasteiger partial charge in [-0.2, -0.15) is 5.10 Å². The van der Waals surface area contributed by atoms with Crippen molar-refractivity contribution < 1.29 is 9.59 Å². The molecule has 152 valence electrons. The summed E-state index contributed by atoms with van der Waals surface area (Å²) in [6, 6.07) is 13.2. The van der Waals surface area contributed by atoms with Crippen molar-refractivity contribution in [3.8, 4) is 0 Å². The average molecular weight is 401 g/mol. The lowest BCUT2D eigenvalue weighted by Gasteiger charge is -2.35. The van der Waals surface area contributed by atoms with Gasteiger partial charge in [-0.1, -0.05) is 18.2 Å². The van der Waals surface area contributed by atoms with E-state index < -0.39 is 0 Å². The number of pyridine rings is 1. The van der Waals surface area contributed by atoms with Crippen molar-refractivity contribution in [3.05, 3.63) is 77.4 Å². The van der Waals surface area contributed by atoms with Crippen LogP contribution in [0.15, 0.2) is 54.9 Å². The lowest BCUT2D eigenvalue weighted by atomic mass is 9.98. The fourth-order valence-electron chi connectivity index (χ4n) is 4.46. The maximum Gasteiger partial charge on any atom is 0.278 e. The van der Waals surface area contributed by atoms with Crippen LogP contribution in [0.25, 0.3) is 0 Å². The number of likely N-dealkylation sites (tertiary alicyclic amines) is 1. The number of rotatable bonds is 3. The van der Waals surface area contributed by atoms with Crippen LogP contribution in [0.4, 0.5) is 5.69 Å². The highest BCUT2D eigenvalue weighted by Gasteiger charge is 2.32. The van der Waals surface area contributed by atoms with E-state index in [-0.39, 0.29) is 17.9 Å². The van der Waals surface area contributed by atoms with E-state index >= 15 is 0 Å². The van der Waals surface area contributed by atoms with E-state index in [1.807, 2.05) is 29.2 Å². The van der Waals surface area contributed by atoms with Crippen LogP contribution in [-0.4, -0.2) is 45.0 Å². The molecule has 2 aliphatic rings. The molecule has 0 radical (unpaired) electrons. The Morgan fingerprint density at radius 2 is 1.93 bits per heavy atom. The maximum atomic E-state index is 13.1. The Labute approximate surface area is 174 Å². The Morgan fingerprint density at radius 1 is 1.03 bits per heavy atom. The Hall–Kier alpha value is -3.48. The molecule has 1 saturated heterocycles. The van der Waals surface area contributed by atoms with Gasteiger partial charge in [0.05, 0.1) is 17.3 Å². The molecule has 0 saturated carbocycles. The van der Waals surface area contributed by atoms with E-state index in [0.717, 1.165) is 37.1 Å². The number of nitrogens with zero attached hydrogens (tertiary/aromatic N) is 4. The Morgan fingerprint density at radius 3 is 2.80 bits per heavy atom. The molecule has 5 rings (SSSR count). The molecular formula is C23H23N5O2. The first-order valence-corrected chi connectivity index (χ1v) is 10.4. The van der Waals surface area contributed by atoms with Gasteiger partial charge in [-0.25, -0.2) is 0 Å². The van der Waals surface area contributed by atoms with E-state index in [1.54, 1.807) is 29.4 Å². The standard InChI is InChI=1S/C23H23N5O2/c29-22(17-7-5-11-24-15-17)27-12-4-3-9-21(27)18-14-19(26-25-18)23(30)28-13-10-16-6-1-2-8-20(16)28/h1-2,5-8,11,14-15,21H,3-4,9-10,12-13H2,(H,25,26). The van der Waals surface area contributed by atoms with Crippen molar-refractivity contribution in [2.75, 3.05) is 18.0 Å². The first-order valence-electron chi connectivity index (χ1n) is 10.4. The highest BCUT2D eigenvalue weighted by atomic mass is 16.2. The van der Waals surface area contributed by atoms with Gasteiger partial charge in [0.1, 0.15) is 0 Å². The summed E-state index contributed by atoms with van der Waals surface area (Å²) in [4.78, 5) is 33.9. The second-order valence-electron chi connectivity index (χ2n) is 7.80. The number of fused-ring (bicyclic) bond motifs is 1. The van der Waals surface area contributed by atoms with Crippen molar-refractivity contribution in [1.29, 1.82) is 0 Å². The summed E-state index contributed by atoms with van der Waals surface area (Å²) in [5.41, 5.74) is 3.91. The normalized spacial score (nSPS) is 18.3. The number of carbonyl (C=O) groups is 2. The number of hydrogen-bond donors (Lipinski definition) is 1. The molecule has 1 aromatic carbocycles. The fourth-order valence-corrected chi connectivity index (χ4v) is 4.46. The van der Waals surface area contributed by atoms with Crippen molar-refractivity contribution >= 4 is 17.5 Å². The number of benzene rings is 1. The third-order valence-corrected chi connectivity index (χ3v) is 5.98. The predicted molar refractivity (Wildman–Crippen MR) is 112 cm³/mol. The molecule has 7 heteroatoms. The molecule has 1 unspecified atom stereocenters. The molecule has 1 fully saturated rings. The highest BCUT2D eigenvalue weighted by Crippen LogP contribution is 2.33. The smallest absolute Gasteiger partial charge is 0.278 e. The quantitative estimate of drug-likeness (QED) is 0.729. The molecule has 1 atom stereocenters. The number of hydrogen-bond acceptors (Lipinski definition) is 4. The Kier molecular flexibility index (Phi) is 4.78. The van der Waals surface area contributed by atoms with Crippen molar-refractivity contribution in [3.63, 3.8) is 0 Å². The van der Waals surface area contributed by atoms with Gasteiger partial charge >= 0.3 is 0 Å². The average Bonchev–Trinajstić information content (AvgIpc) is 3.46. The van der Waals surface area contributed by atoms with E-state index in [9.17, 15) is 9.59 Å². The number of nitrogens with one attached hydrogen (secondary N) is 1. The number of piperidine rings is 1. The first-order chi connectivity index (χ1) is 14.7. The summed E-state index contributed by atoms with van der Waals surface area (Å²) < 4.78 is 0. The van der Waals surface area contributed by atoms with Gasteiger partial charge in [0.15, 0.2) is 5.69 Å². The van der Waals surface area contributed by atoms with Crippen LogP contribution >= 0.6 is 0 Å². The largest absolute Gasteiger partial charge is 0.330 e. The van der Waals surface area contributed by atoms with Crippen LogP contribution in [-0.2, 0) is 6.42 Å². The number of anilines is 1. The van der Waals surface area contributed by atoms with Gasteiger partial charge in [-0.15, -0.1) is 0 Å². The molecule has 0 aliphatic carbocycles. The topological polar surface area (TPSA) is 82.2 Å². The van der Waals surface area contributed by atoms with Crippen LogP contribution in [0.5, 0.6) is 0 Å². The number of carbonyl (C=O) groups excluding carboxylic acids is 2. The third-order valence-electron chi connectivity index (χ3n) is 5.98. The maximum absolute atomic E-state index is 13.1. The van der Waals surface area contributed by atoms with Crippen molar-refractivity contribution in [2.45, 2.75) is 31.7 Å². The SMILES string of the molecule is O=C(c1cc(C2CCCCN2C(=O)c2cccnc2)[nH]n1)N1CCc2ccccc21. The van der Waals surface area contributed by atoms with Gasteiger partial charge < -0.3 is 9.80 Å². The van der Waals surface area contributed by atoms with Crippen molar-refractivity contribution in [1.82, 2.24) is 20.1 Å². The molecular weight excluding hydrogens is 378 g/mol.